The van der Waals surface area contributed by atoms with Crippen LogP contribution in [0.4, 0.5) is 11.5 Å². The van der Waals surface area contributed by atoms with Gasteiger partial charge in [-0.25, -0.2) is 4.98 Å². The summed E-state index contributed by atoms with van der Waals surface area (Å²) in [5.41, 5.74) is 2.29. The van der Waals surface area contributed by atoms with Crippen molar-refractivity contribution in [3.63, 3.8) is 0 Å². The van der Waals surface area contributed by atoms with Crippen LogP contribution in [0.3, 0.4) is 0 Å². The zero-order valence-corrected chi connectivity index (χ0v) is 14.6. The molecule has 0 bridgehead atoms. The maximum Gasteiger partial charge on any atom is 0.229 e. The van der Waals surface area contributed by atoms with E-state index in [0.29, 0.717) is 6.42 Å². The highest BCUT2D eigenvalue weighted by atomic mass is 32.1. The molecule has 1 aliphatic rings. The van der Waals surface area contributed by atoms with Crippen LogP contribution in [0.1, 0.15) is 37.0 Å². The molecule has 2 aromatic heterocycles. The first-order valence-electron chi connectivity index (χ1n) is 8.50. The fraction of sp³-hybridized carbons (Fsp3) is 0.368. The molecule has 0 saturated carbocycles. The first kappa shape index (κ1) is 16.7. The van der Waals surface area contributed by atoms with Gasteiger partial charge in [0.05, 0.1) is 18.3 Å². The predicted molar refractivity (Wildman–Crippen MR) is 101 cm³/mol. The molecule has 126 valence electrons. The summed E-state index contributed by atoms with van der Waals surface area (Å²) in [5, 5.41) is 8.21. The largest absolute Gasteiger partial charge is 0.370 e. The van der Waals surface area contributed by atoms with Crippen molar-refractivity contribution in [2.75, 3.05) is 17.2 Å². The van der Waals surface area contributed by atoms with Gasteiger partial charge in [-0.05, 0) is 55.7 Å². The fourth-order valence-electron chi connectivity index (χ4n) is 2.83. The maximum atomic E-state index is 12.0. The Morgan fingerprint density at radius 1 is 1.25 bits per heavy atom. The second-order valence-corrected chi connectivity index (χ2v) is 7.05. The molecule has 0 unspecified atom stereocenters. The van der Waals surface area contributed by atoms with E-state index in [2.05, 4.69) is 21.7 Å². The predicted octanol–water partition coefficient (Wildman–Crippen LogP) is 4.63. The van der Waals surface area contributed by atoms with Gasteiger partial charge in [0.1, 0.15) is 5.82 Å². The Morgan fingerprint density at radius 3 is 2.92 bits per heavy atom. The second-order valence-electron chi connectivity index (χ2n) is 6.02. The summed E-state index contributed by atoms with van der Waals surface area (Å²) in [6.45, 7) is 0.906. The molecule has 0 fully saturated rings. The SMILES string of the molecule is O=C(Cc1cccs1)Nc1ccc(NCCC2=CCCCC2)nc1. The van der Waals surface area contributed by atoms with E-state index in [9.17, 15) is 4.79 Å². The summed E-state index contributed by atoms with van der Waals surface area (Å²) in [4.78, 5) is 17.4. The highest BCUT2D eigenvalue weighted by molar-refractivity contribution is 7.10. The van der Waals surface area contributed by atoms with Crippen LogP contribution in [0, 0.1) is 0 Å². The molecule has 0 aromatic carbocycles. The van der Waals surface area contributed by atoms with E-state index in [-0.39, 0.29) is 5.91 Å². The summed E-state index contributed by atoms with van der Waals surface area (Å²) < 4.78 is 0. The molecule has 4 nitrogen and oxygen atoms in total. The quantitative estimate of drug-likeness (QED) is 0.722. The van der Waals surface area contributed by atoms with E-state index in [1.54, 1.807) is 23.1 Å². The van der Waals surface area contributed by atoms with E-state index in [1.165, 1.54) is 25.7 Å². The van der Waals surface area contributed by atoms with Crippen LogP contribution in [-0.4, -0.2) is 17.4 Å². The summed E-state index contributed by atoms with van der Waals surface area (Å²) >= 11 is 1.59. The Labute approximate surface area is 147 Å². The monoisotopic (exact) mass is 341 g/mol. The third-order valence-corrected chi connectivity index (χ3v) is 4.98. The number of nitrogens with one attached hydrogen (secondary N) is 2. The van der Waals surface area contributed by atoms with Crippen molar-refractivity contribution in [1.29, 1.82) is 0 Å². The zero-order valence-electron chi connectivity index (χ0n) is 13.8. The van der Waals surface area contributed by atoms with E-state index in [1.807, 2.05) is 29.6 Å². The Bertz CT molecular complexity index is 677. The molecule has 24 heavy (non-hydrogen) atoms. The summed E-state index contributed by atoms with van der Waals surface area (Å²) in [6.07, 6.45) is 10.7. The number of pyridine rings is 1. The van der Waals surface area contributed by atoms with Gasteiger partial charge in [0.25, 0.3) is 0 Å². The topological polar surface area (TPSA) is 54.0 Å². The summed E-state index contributed by atoms with van der Waals surface area (Å²) in [6, 6.07) is 7.73. The second kappa shape index (κ2) is 8.64. The van der Waals surface area contributed by atoms with Crippen LogP contribution in [0.5, 0.6) is 0 Å². The summed E-state index contributed by atoms with van der Waals surface area (Å²) in [7, 11) is 0. The molecule has 0 spiro atoms. The minimum atomic E-state index is -0.0100. The Hall–Kier alpha value is -2.14. The van der Waals surface area contributed by atoms with Crippen LogP contribution in [0.2, 0.25) is 0 Å². The van der Waals surface area contributed by atoms with E-state index < -0.39 is 0 Å². The number of carbonyl (C=O) groups is 1. The molecule has 2 heterocycles. The van der Waals surface area contributed by atoms with Gasteiger partial charge in [-0.1, -0.05) is 17.7 Å². The minimum Gasteiger partial charge on any atom is -0.370 e. The number of thiophene rings is 1. The molecule has 1 aliphatic carbocycles. The van der Waals surface area contributed by atoms with Crippen molar-refractivity contribution >= 4 is 28.7 Å². The van der Waals surface area contributed by atoms with Crippen molar-refractivity contribution in [3.05, 3.63) is 52.4 Å². The van der Waals surface area contributed by atoms with Gasteiger partial charge in [0, 0.05) is 11.4 Å². The first-order valence-corrected chi connectivity index (χ1v) is 9.37. The van der Waals surface area contributed by atoms with Crippen LogP contribution >= 0.6 is 11.3 Å². The number of allylic oxidation sites excluding steroid dienone is 1. The fourth-order valence-corrected chi connectivity index (χ4v) is 3.54. The highest BCUT2D eigenvalue weighted by Gasteiger charge is 2.06. The van der Waals surface area contributed by atoms with Gasteiger partial charge in [0.2, 0.25) is 5.91 Å². The molecule has 0 radical (unpaired) electrons. The average molecular weight is 341 g/mol. The Balaban J connectivity index is 1.43. The lowest BCUT2D eigenvalue weighted by Gasteiger charge is -2.13. The van der Waals surface area contributed by atoms with Crippen molar-refractivity contribution < 1.29 is 4.79 Å². The number of hydrogen-bond acceptors (Lipinski definition) is 4. The summed E-state index contributed by atoms with van der Waals surface area (Å²) in [5.74, 6) is 0.840. The minimum absolute atomic E-state index is 0.0100. The molecule has 3 rings (SSSR count). The lowest BCUT2D eigenvalue weighted by atomic mass is 9.97. The molecule has 5 heteroatoms. The molecule has 1 amide bonds. The number of anilines is 2. The number of aromatic nitrogens is 1. The van der Waals surface area contributed by atoms with E-state index in [0.717, 1.165) is 29.3 Å². The van der Waals surface area contributed by atoms with E-state index in [4.69, 9.17) is 0 Å². The number of carbonyl (C=O) groups excluding carboxylic acids is 1. The van der Waals surface area contributed by atoms with Crippen LogP contribution < -0.4 is 10.6 Å². The molecular weight excluding hydrogens is 318 g/mol. The maximum absolute atomic E-state index is 12.0. The van der Waals surface area contributed by atoms with Gasteiger partial charge < -0.3 is 10.6 Å². The molecule has 2 N–H and O–H groups in total. The Morgan fingerprint density at radius 2 is 2.21 bits per heavy atom. The molecule has 0 aliphatic heterocycles. The smallest absolute Gasteiger partial charge is 0.229 e. The highest BCUT2D eigenvalue weighted by Crippen LogP contribution is 2.20. The van der Waals surface area contributed by atoms with Crippen LogP contribution in [0.25, 0.3) is 0 Å². The lowest BCUT2D eigenvalue weighted by Crippen LogP contribution is -2.14. The van der Waals surface area contributed by atoms with Crippen molar-refractivity contribution in [2.24, 2.45) is 0 Å². The zero-order chi connectivity index (χ0) is 16.6. The van der Waals surface area contributed by atoms with Crippen LogP contribution in [0.15, 0.2) is 47.5 Å². The van der Waals surface area contributed by atoms with Gasteiger partial charge in [-0.2, -0.15) is 0 Å². The van der Waals surface area contributed by atoms with Crippen molar-refractivity contribution in [2.45, 2.75) is 38.5 Å². The molecular formula is C19H23N3OS. The third kappa shape index (κ3) is 5.20. The van der Waals surface area contributed by atoms with Crippen LogP contribution in [-0.2, 0) is 11.2 Å². The molecule has 2 aromatic rings. The number of nitrogens with zero attached hydrogens (tertiary/aromatic N) is 1. The van der Waals surface area contributed by atoms with Gasteiger partial charge in [-0.3, -0.25) is 4.79 Å². The van der Waals surface area contributed by atoms with Gasteiger partial charge in [0.15, 0.2) is 0 Å². The first-order chi connectivity index (χ1) is 11.8. The lowest BCUT2D eigenvalue weighted by molar-refractivity contribution is -0.115. The molecule has 0 atom stereocenters. The molecule has 0 saturated heterocycles. The standard InChI is InChI=1S/C19H23N3OS/c23-19(13-17-7-4-12-24-17)22-16-8-9-18(21-14-16)20-11-10-15-5-2-1-3-6-15/h4-5,7-9,12,14H,1-3,6,10-11,13H2,(H,20,21)(H,22,23). The number of hydrogen-bond donors (Lipinski definition) is 2. The van der Waals surface area contributed by atoms with Crippen molar-refractivity contribution in [3.8, 4) is 0 Å². The Kier molecular flexibility index (Phi) is 6.01. The van der Waals surface area contributed by atoms with Crippen molar-refractivity contribution in [1.82, 2.24) is 4.98 Å². The third-order valence-electron chi connectivity index (χ3n) is 4.10. The van der Waals surface area contributed by atoms with Gasteiger partial charge in [-0.15, -0.1) is 11.3 Å². The van der Waals surface area contributed by atoms with E-state index >= 15 is 0 Å². The number of rotatable bonds is 7. The average Bonchev–Trinajstić information content (AvgIpc) is 3.10. The van der Waals surface area contributed by atoms with Gasteiger partial charge >= 0.3 is 0 Å². The normalized spacial score (nSPS) is 14.1. The number of amides is 1.